The molecule has 2 aliphatic rings. The summed E-state index contributed by atoms with van der Waals surface area (Å²) < 4.78 is 14.6. The molecule has 2 unspecified atom stereocenters. The molecule has 2 fully saturated rings. The van der Waals surface area contributed by atoms with Crippen LogP contribution in [0.1, 0.15) is 48.7 Å². The lowest BCUT2D eigenvalue weighted by atomic mass is 9.93. The molecule has 0 amide bonds. The van der Waals surface area contributed by atoms with Crippen molar-refractivity contribution >= 4 is 30.5 Å². The number of halogens is 1. The van der Waals surface area contributed by atoms with Crippen molar-refractivity contribution < 1.29 is 19.1 Å². The van der Waals surface area contributed by atoms with Gasteiger partial charge in [-0.1, -0.05) is 18.2 Å². The molecule has 1 aromatic heterocycles. The number of carboxylic acid groups (broad SMARTS) is 1. The Morgan fingerprint density at radius 2 is 2.06 bits per heavy atom. The first-order chi connectivity index (χ1) is 14.9. The van der Waals surface area contributed by atoms with Gasteiger partial charge < -0.3 is 5.11 Å². The van der Waals surface area contributed by atoms with E-state index >= 15 is 0 Å². The van der Waals surface area contributed by atoms with Crippen molar-refractivity contribution in [3.8, 4) is 0 Å². The van der Waals surface area contributed by atoms with Crippen LogP contribution in [0.3, 0.4) is 0 Å². The number of thiol groups is 1. The molecule has 1 aliphatic carbocycles. The van der Waals surface area contributed by atoms with E-state index in [9.17, 15) is 14.0 Å². The van der Waals surface area contributed by atoms with Gasteiger partial charge in [0.2, 0.25) is 0 Å². The maximum atomic E-state index is 14.6. The van der Waals surface area contributed by atoms with Gasteiger partial charge in [-0.2, -0.15) is 28.0 Å². The minimum Gasteiger partial charge on any atom is -0.481 e. The van der Waals surface area contributed by atoms with Crippen LogP contribution in [-0.2, 0) is 16.0 Å². The van der Waals surface area contributed by atoms with Crippen molar-refractivity contribution in [2.45, 2.75) is 43.4 Å². The Balaban J connectivity index is 1.60. The molecule has 2 aromatic rings. The van der Waals surface area contributed by atoms with Crippen molar-refractivity contribution in [1.82, 2.24) is 20.3 Å². The lowest BCUT2D eigenvalue weighted by Gasteiger charge is -2.37. The molecule has 7 nitrogen and oxygen atoms in total. The zero-order valence-corrected chi connectivity index (χ0v) is 17.9. The monoisotopic (exact) mass is 444 g/mol. The Morgan fingerprint density at radius 1 is 1.29 bits per heavy atom. The number of carbonyl (C=O) groups excluding carboxylic acids is 1. The van der Waals surface area contributed by atoms with Crippen molar-refractivity contribution in [3.05, 3.63) is 52.6 Å². The van der Waals surface area contributed by atoms with E-state index in [1.807, 2.05) is 11.0 Å². The molecule has 164 valence electrons. The Labute approximate surface area is 185 Å². The van der Waals surface area contributed by atoms with Crippen LogP contribution in [0.15, 0.2) is 29.8 Å². The zero-order chi connectivity index (χ0) is 22.0. The van der Waals surface area contributed by atoms with E-state index in [2.05, 4.69) is 15.4 Å². The van der Waals surface area contributed by atoms with Gasteiger partial charge in [-0.05, 0) is 37.0 Å². The molecular weight excluding hydrogens is 419 g/mol. The lowest BCUT2D eigenvalue weighted by molar-refractivity contribution is -0.137. The Bertz CT molecular complexity index is 1000. The molecule has 1 aromatic carbocycles. The topological polar surface area (TPSA) is 99.2 Å². The minimum absolute atomic E-state index is 0.00363. The van der Waals surface area contributed by atoms with E-state index in [-0.39, 0.29) is 35.6 Å². The molecule has 1 saturated heterocycles. The van der Waals surface area contributed by atoms with Crippen molar-refractivity contribution in [1.29, 1.82) is 0 Å². The number of aryl methyl sites for hydroxylation is 1. The van der Waals surface area contributed by atoms with E-state index in [0.717, 1.165) is 18.4 Å². The summed E-state index contributed by atoms with van der Waals surface area (Å²) in [5, 5.41) is 19.7. The summed E-state index contributed by atoms with van der Waals surface area (Å²) >= 11 is 4.70. The molecule has 2 N–H and O–H groups in total. The number of aromatic nitrogens is 3. The molecule has 31 heavy (non-hydrogen) atoms. The molecule has 4 rings (SSSR count). The Morgan fingerprint density at radius 3 is 2.77 bits per heavy atom. The number of nitrogens with zero attached hydrogens (tertiary/aromatic N) is 3. The van der Waals surface area contributed by atoms with Gasteiger partial charge in [-0.3, -0.25) is 14.5 Å². The highest BCUT2D eigenvalue weighted by atomic mass is 32.1. The number of nitrogens with one attached hydrogen (secondary N) is 1. The number of likely N-dealkylation sites (tertiary alicyclic amines) is 1. The zero-order valence-electron chi connectivity index (χ0n) is 17.0. The summed E-state index contributed by atoms with van der Waals surface area (Å²) in [5.74, 6) is -1.19. The third-order valence-electron chi connectivity index (χ3n) is 5.87. The fourth-order valence-electron chi connectivity index (χ4n) is 4.03. The molecule has 0 bridgehead atoms. The van der Waals surface area contributed by atoms with Crippen LogP contribution in [0.5, 0.6) is 0 Å². The van der Waals surface area contributed by atoms with E-state index in [1.54, 1.807) is 18.2 Å². The molecule has 1 saturated carbocycles. The number of benzene rings is 1. The highest BCUT2D eigenvalue weighted by Gasteiger charge is 2.40. The number of carboxylic acids is 1. The SMILES string of the molecule is O=C(O)CCc1n[nH]nc1C=C1CN(C(C(=O)C2CC2)c2ccccc2F)CCC1S. The van der Waals surface area contributed by atoms with Gasteiger partial charge in [0.15, 0.2) is 5.78 Å². The number of carbonyl (C=O) groups is 2. The van der Waals surface area contributed by atoms with Crippen LogP contribution in [0.25, 0.3) is 6.08 Å². The van der Waals surface area contributed by atoms with Crippen molar-refractivity contribution in [2.75, 3.05) is 13.1 Å². The predicted octanol–water partition coefficient (Wildman–Crippen LogP) is 3.07. The van der Waals surface area contributed by atoms with Crippen LogP contribution in [0.2, 0.25) is 0 Å². The van der Waals surface area contributed by atoms with Crippen LogP contribution < -0.4 is 0 Å². The second-order valence-corrected chi connectivity index (χ2v) is 8.77. The van der Waals surface area contributed by atoms with Crippen LogP contribution in [-0.4, -0.2) is 55.5 Å². The number of hydrogen-bond donors (Lipinski definition) is 3. The van der Waals surface area contributed by atoms with Gasteiger partial charge >= 0.3 is 5.97 Å². The largest absolute Gasteiger partial charge is 0.481 e. The summed E-state index contributed by atoms with van der Waals surface area (Å²) in [4.78, 5) is 26.1. The Hall–Kier alpha value is -2.52. The standard InChI is InChI=1S/C22H25FN4O3S/c23-16-4-2-1-3-15(16)21(22(30)13-5-6-13)27-10-9-19(31)14(12-27)11-18-17(24-26-25-18)7-8-20(28)29/h1-4,11,13,19,21,31H,5-10,12H2,(H,28,29)(H,24,25,26). The summed E-state index contributed by atoms with van der Waals surface area (Å²) in [6.07, 6.45) is 4.53. The van der Waals surface area contributed by atoms with E-state index < -0.39 is 12.0 Å². The normalized spacial score (nSPS) is 21.9. The lowest BCUT2D eigenvalue weighted by Crippen LogP contribution is -2.42. The number of aliphatic carboxylic acids is 1. The van der Waals surface area contributed by atoms with Gasteiger partial charge in [0.1, 0.15) is 11.5 Å². The number of ketones is 1. The van der Waals surface area contributed by atoms with E-state index in [1.165, 1.54) is 6.07 Å². The highest BCUT2D eigenvalue weighted by molar-refractivity contribution is 7.81. The second-order valence-electron chi connectivity index (χ2n) is 8.14. The quantitative estimate of drug-likeness (QED) is 0.541. The summed E-state index contributed by atoms with van der Waals surface area (Å²) in [6.45, 7) is 1.09. The van der Waals surface area contributed by atoms with E-state index in [0.29, 0.717) is 36.5 Å². The van der Waals surface area contributed by atoms with Crippen molar-refractivity contribution in [2.24, 2.45) is 5.92 Å². The number of rotatable bonds is 8. The molecule has 1 aliphatic heterocycles. The first kappa shape index (κ1) is 21.7. The average Bonchev–Trinajstić information content (AvgIpc) is 3.50. The Kier molecular flexibility index (Phi) is 6.52. The van der Waals surface area contributed by atoms with Crippen LogP contribution in [0.4, 0.5) is 4.39 Å². The number of Topliss-reactive ketones (excluding diaryl/α,β-unsaturated/α-hetero) is 1. The third kappa shape index (κ3) is 5.04. The molecule has 0 spiro atoms. The first-order valence-corrected chi connectivity index (χ1v) is 11.0. The number of H-pyrrole nitrogens is 1. The van der Waals surface area contributed by atoms with Crippen LogP contribution in [0, 0.1) is 11.7 Å². The van der Waals surface area contributed by atoms with Gasteiger partial charge in [0, 0.05) is 36.2 Å². The number of hydrogen-bond acceptors (Lipinski definition) is 6. The number of aromatic amines is 1. The summed E-state index contributed by atoms with van der Waals surface area (Å²) in [5.41, 5.74) is 2.52. The summed E-state index contributed by atoms with van der Waals surface area (Å²) in [7, 11) is 0. The summed E-state index contributed by atoms with van der Waals surface area (Å²) in [6, 6.07) is 5.86. The van der Waals surface area contributed by atoms with Gasteiger partial charge in [0.05, 0.1) is 18.2 Å². The molecule has 2 heterocycles. The van der Waals surface area contributed by atoms with Gasteiger partial charge in [0.25, 0.3) is 0 Å². The average molecular weight is 445 g/mol. The predicted molar refractivity (Wildman–Crippen MR) is 116 cm³/mol. The van der Waals surface area contributed by atoms with Gasteiger partial charge in [-0.25, -0.2) is 4.39 Å². The van der Waals surface area contributed by atoms with Crippen LogP contribution >= 0.6 is 12.6 Å². The van der Waals surface area contributed by atoms with Gasteiger partial charge in [-0.15, -0.1) is 0 Å². The smallest absolute Gasteiger partial charge is 0.303 e. The second kappa shape index (κ2) is 9.32. The molecular formula is C22H25FN4O3S. The minimum atomic E-state index is -0.899. The maximum Gasteiger partial charge on any atom is 0.303 e. The third-order valence-corrected chi connectivity index (χ3v) is 6.46. The molecule has 0 radical (unpaired) electrons. The first-order valence-electron chi connectivity index (χ1n) is 10.5. The molecule has 9 heteroatoms. The maximum absolute atomic E-state index is 14.6. The van der Waals surface area contributed by atoms with Crippen molar-refractivity contribution in [3.63, 3.8) is 0 Å². The number of piperidine rings is 1. The van der Waals surface area contributed by atoms with E-state index in [4.69, 9.17) is 17.7 Å². The fourth-order valence-corrected chi connectivity index (χ4v) is 4.31. The highest BCUT2D eigenvalue weighted by Crippen LogP contribution is 2.39. The fraction of sp³-hybridized carbons (Fsp3) is 0.455. The molecule has 2 atom stereocenters.